The largest absolute Gasteiger partial charge is 0.305 e. The van der Waals surface area contributed by atoms with Crippen molar-refractivity contribution in [1.82, 2.24) is 24.1 Å². The van der Waals surface area contributed by atoms with Crippen LogP contribution in [0.1, 0.15) is 36.7 Å². The van der Waals surface area contributed by atoms with Gasteiger partial charge in [0.2, 0.25) is 0 Å². The zero-order valence-electron chi connectivity index (χ0n) is 18.7. The van der Waals surface area contributed by atoms with Crippen molar-refractivity contribution < 1.29 is 4.79 Å². The average molecular weight is 437 g/mol. The molecule has 33 heavy (non-hydrogen) atoms. The van der Waals surface area contributed by atoms with Crippen LogP contribution in [-0.2, 0) is 5.41 Å². The normalized spacial score (nSPS) is 11.6. The van der Waals surface area contributed by atoms with E-state index in [4.69, 9.17) is 0 Å². The third-order valence-corrected chi connectivity index (χ3v) is 5.53. The van der Waals surface area contributed by atoms with Crippen molar-refractivity contribution in [2.24, 2.45) is 0 Å². The third-order valence-electron chi connectivity index (χ3n) is 5.53. The average Bonchev–Trinajstić information content (AvgIpc) is 3.45. The fourth-order valence-corrected chi connectivity index (χ4v) is 3.64. The third kappa shape index (κ3) is 4.25. The van der Waals surface area contributed by atoms with Crippen molar-refractivity contribution >= 4 is 17.4 Å². The zero-order chi connectivity index (χ0) is 23.0. The van der Waals surface area contributed by atoms with E-state index in [1.54, 1.807) is 17.1 Å². The van der Waals surface area contributed by atoms with E-state index in [9.17, 15) is 4.79 Å². The minimum Gasteiger partial charge on any atom is -0.305 e. The van der Waals surface area contributed by atoms with Gasteiger partial charge in [0.15, 0.2) is 5.82 Å². The summed E-state index contributed by atoms with van der Waals surface area (Å²) in [6.07, 6.45) is 11.1. The van der Waals surface area contributed by atoms with Gasteiger partial charge in [-0.05, 0) is 47.4 Å². The Morgan fingerprint density at radius 3 is 2.45 bits per heavy atom. The highest BCUT2D eigenvalue weighted by Crippen LogP contribution is 2.24. The summed E-state index contributed by atoms with van der Waals surface area (Å²) >= 11 is 0. The topological polar surface area (TPSA) is 77.1 Å². The molecule has 0 aliphatic rings. The minimum absolute atomic E-state index is 0.0444. The van der Waals surface area contributed by atoms with Crippen LogP contribution in [0.15, 0.2) is 85.7 Å². The number of nitrogens with one attached hydrogen (secondary N) is 1. The van der Waals surface area contributed by atoms with Crippen LogP contribution >= 0.6 is 0 Å². The number of nitrogens with zero attached hydrogens (tertiary/aromatic N) is 5. The summed E-state index contributed by atoms with van der Waals surface area (Å²) in [7, 11) is 0. The molecule has 4 aromatic heterocycles. The molecule has 0 saturated heterocycles. The van der Waals surface area contributed by atoms with Gasteiger partial charge in [0.1, 0.15) is 5.65 Å². The molecule has 0 fully saturated rings. The molecule has 0 aliphatic carbocycles. The zero-order valence-corrected chi connectivity index (χ0v) is 18.7. The molecular formula is C26H24N6O. The lowest BCUT2D eigenvalue weighted by atomic mass is 9.87. The molecule has 5 rings (SSSR count). The van der Waals surface area contributed by atoms with Crippen molar-refractivity contribution in [2.75, 3.05) is 5.32 Å². The molecule has 0 spiro atoms. The van der Waals surface area contributed by atoms with Gasteiger partial charge in [-0.3, -0.25) is 9.78 Å². The van der Waals surface area contributed by atoms with Gasteiger partial charge in [0.05, 0.1) is 24.3 Å². The first-order valence-electron chi connectivity index (χ1n) is 10.7. The van der Waals surface area contributed by atoms with E-state index in [0.717, 1.165) is 22.5 Å². The highest BCUT2D eigenvalue weighted by Gasteiger charge is 2.15. The quantitative estimate of drug-likeness (QED) is 0.424. The van der Waals surface area contributed by atoms with E-state index in [1.807, 2.05) is 77.7 Å². The summed E-state index contributed by atoms with van der Waals surface area (Å²) in [4.78, 5) is 21.4. The Balaban J connectivity index is 1.35. The Morgan fingerprint density at radius 2 is 1.73 bits per heavy atom. The molecule has 1 amide bonds. The lowest BCUT2D eigenvalue weighted by Gasteiger charge is -2.18. The summed E-state index contributed by atoms with van der Waals surface area (Å²) in [5.41, 5.74) is 5.44. The van der Waals surface area contributed by atoms with E-state index in [0.29, 0.717) is 11.4 Å². The van der Waals surface area contributed by atoms with Crippen LogP contribution in [0.4, 0.5) is 5.82 Å². The fourth-order valence-electron chi connectivity index (χ4n) is 3.64. The number of rotatable bonds is 4. The van der Waals surface area contributed by atoms with Crippen LogP contribution in [0.3, 0.4) is 0 Å². The summed E-state index contributed by atoms with van der Waals surface area (Å²) < 4.78 is 3.69. The van der Waals surface area contributed by atoms with Gasteiger partial charge < -0.3 is 9.72 Å². The van der Waals surface area contributed by atoms with Gasteiger partial charge in [-0.2, -0.15) is 5.10 Å². The molecule has 0 unspecified atom stereocenters. The highest BCUT2D eigenvalue weighted by atomic mass is 16.1. The molecule has 7 nitrogen and oxygen atoms in total. The van der Waals surface area contributed by atoms with Crippen molar-refractivity contribution in [2.45, 2.75) is 26.2 Å². The maximum Gasteiger partial charge on any atom is 0.256 e. The van der Waals surface area contributed by atoms with Crippen LogP contribution in [0, 0.1) is 0 Å². The number of amides is 1. The smallest absolute Gasteiger partial charge is 0.256 e. The maximum atomic E-state index is 12.7. The van der Waals surface area contributed by atoms with Gasteiger partial charge >= 0.3 is 0 Å². The molecular weight excluding hydrogens is 412 g/mol. The van der Waals surface area contributed by atoms with E-state index in [-0.39, 0.29) is 11.3 Å². The van der Waals surface area contributed by atoms with E-state index < -0.39 is 0 Å². The van der Waals surface area contributed by atoms with Gasteiger partial charge in [-0.25, -0.2) is 9.67 Å². The van der Waals surface area contributed by atoms with Crippen molar-refractivity contribution in [3.8, 4) is 16.8 Å². The van der Waals surface area contributed by atoms with E-state index >= 15 is 0 Å². The number of hydrogen-bond donors (Lipinski definition) is 1. The summed E-state index contributed by atoms with van der Waals surface area (Å²) in [5.74, 6) is 0.319. The number of imidazole rings is 1. The first-order chi connectivity index (χ1) is 15.9. The molecule has 0 bridgehead atoms. The molecule has 0 atom stereocenters. The van der Waals surface area contributed by atoms with Gasteiger partial charge in [-0.1, -0.05) is 32.9 Å². The van der Waals surface area contributed by atoms with Gasteiger partial charge in [-0.15, -0.1) is 0 Å². The Morgan fingerprint density at radius 1 is 0.909 bits per heavy atom. The van der Waals surface area contributed by atoms with Crippen LogP contribution in [0.5, 0.6) is 0 Å². The number of pyridine rings is 2. The van der Waals surface area contributed by atoms with Crippen LogP contribution in [-0.4, -0.2) is 30.1 Å². The molecule has 1 aromatic carbocycles. The Kier molecular flexibility index (Phi) is 5.01. The number of benzene rings is 1. The lowest BCUT2D eigenvalue weighted by Crippen LogP contribution is -2.14. The Hall–Kier alpha value is -4.26. The summed E-state index contributed by atoms with van der Waals surface area (Å²) in [5, 5.41) is 7.33. The Labute approximate surface area is 191 Å². The van der Waals surface area contributed by atoms with Gasteiger partial charge in [0, 0.05) is 35.3 Å². The lowest BCUT2D eigenvalue weighted by molar-refractivity contribution is 0.102. The van der Waals surface area contributed by atoms with Crippen molar-refractivity contribution in [3.05, 3.63) is 96.8 Å². The molecule has 4 heterocycles. The second-order valence-corrected chi connectivity index (χ2v) is 8.98. The molecule has 1 N–H and O–H groups in total. The SMILES string of the molecule is CC(C)(C)c1ccc(C(=O)Nc2cn3cc(-c4cnn(-c5cccnc5)c4)ccc3n2)cc1. The number of aromatic nitrogens is 5. The first-order valence-corrected chi connectivity index (χ1v) is 10.7. The van der Waals surface area contributed by atoms with E-state index in [2.05, 4.69) is 41.2 Å². The standard InChI is InChI=1S/C26H24N6O/c1-26(2,3)21-9-6-18(7-10-21)25(33)30-23-17-31-15-19(8-11-24(31)29-23)20-13-28-32(16-20)22-5-4-12-27-14-22/h4-17H,1-3H3,(H,30,33). The van der Waals surface area contributed by atoms with Crippen LogP contribution < -0.4 is 5.32 Å². The number of fused-ring (bicyclic) bond motifs is 1. The van der Waals surface area contributed by atoms with E-state index in [1.165, 1.54) is 5.56 Å². The van der Waals surface area contributed by atoms with Crippen LogP contribution in [0.2, 0.25) is 0 Å². The second-order valence-electron chi connectivity index (χ2n) is 8.98. The number of hydrogen-bond acceptors (Lipinski definition) is 4. The fraction of sp³-hybridized carbons (Fsp3) is 0.154. The Bertz CT molecular complexity index is 1430. The molecule has 5 aromatic rings. The van der Waals surface area contributed by atoms with Gasteiger partial charge in [0.25, 0.3) is 5.91 Å². The predicted octanol–water partition coefficient (Wildman–Crippen LogP) is 5.13. The number of anilines is 1. The first kappa shape index (κ1) is 20.6. The monoisotopic (exact) mass is 436 g/mol. The number of carbonyl (C=O) groups excluding carboxylic acids is 1. The molecule has 164 valence electrons. The molecule has 0 saturated carbocycles. The molecule has 0 radical (unpaired) electrons. The maximum absolute atomic E-state index is 12.7. The highest BCUT2D eigenvalue weighted by molar-refractivity contribution is 6.03. The van der Waals surface area contributed by atoms with Crippen LogP contribution in [0.25, 0.3) is 22.5 Å². The number of carbonyl (C=O) groups is 1. The molecule has 0 aliphatic heterocycles. The van der Waals surface area contributed by atoms with Crippen molar-refractivity contribution in [1.29, 1.82) is 0 Å². The molecule has 7 heteroatoms. The predicted molar refractivity (Wildman–Crippen MR) is 129 cm³/mol. The van der Waals surface area contributed by atoms with Crippen molar-refractivity contribution in [3.63, 3.8) is 0 Å². The summed E-state index contributed by atoms with van der Waals surface area (Å²) in [6, 6.07) is 15.4. The minimum atomic E-state index is -0.183. The summed E-state index contributed by atoms with van der Waals surface area (Å²) in [6.45, 7) is 6.45. The second kappa shape index (κ2) is 8.02.